The molecule has 0 radical (unpaired) electrons. The summed E-state index contributed by atoms with van der Waals surface area (Å²) >= 11 is 0. The van der Waals surface area contributed by atoms with E-state index in [1.165, 1.54) is 0 Å². The standard InChI is InChI=1S/C20H19NO3/c1-3-24-20(23)18(14-9-5-4-6-10-14)19(22)16-13-21(2)17-12-8-7-11-15(16)17/h4-13,18H,3H2,1-2H3. The van der Waals surface area contributed by atoms with E-state index in [2.05, 4.69) is 0 Å². The van der Waals surface area contributed by atoms with Crippen molar-refractivity contribution in [3.63, 3.8) is 0 Å². The van der Waals surface area contributed by atoms with Gasteiger partial charge in [-0.15, -0.1) is 0 Å². The third-order valence-electron chi connectivity index (χ3n) is 4.08. The SMILES string of the molecule is CCOC(=O)C(C(=O)c1cn(C)c2ccccc12)c1ccccc1. The molecule has 1 unspecified atom stereocenters. The van der Waals surface area contributed by atoms with Crippen LogP contribution < -0.4 is 0 Å². The number of hydrogen-bond donors (Lipinski definition) is 0. The highest BCUT2D eigenvalue weighted by Crippen LogP contribution is 2.28. The lowest BCUT2D eigenvalue weighted by atomic mass is 9.90. The van der Waals surface area contributed by atoms with Crippen LogP contribution in [0.15, 0.2) is 60.8 Å². The predicted octanol–water partition coefficient (Wildman–Crippen LogP) is 3.71. The number of ketones is 1. The van der Waals surface area contributed by atoms with Crippen LogP contribution in [0.2, 0.25) is 0 Å². The second-order valence-electron chi connectivity index (χ2n) is 5.63. The number of aryl methyl sites for hydroxylation is 1. The molecular formula is C20H19NO3. The molecule has 122 valence electrons. The molecule has 1 aromatic heterocycles. The maximum absolute atomic E-state index is 13.2. The lowest BCUT2D eigenvalue weighted by Crippen LogP contribution is -2.24. The highest BCUT2D eigenvalue weighted by molar-refractivity contribution is 6.18. The fourth-order valence-corrected chi connectivity index (χ4v) is 2.96. The van der Waals surface area contributed by atoms with Crippen LogP contribution in [-0.4, -0.2) is 22.9 Å². The van der Waals surface area contributed by atoms with Gasteiger partial charge in [0, 0.05) is 29.7 Å². The first-order valence-corrected chi connectivity index (χ1v) is 7.93. The highest BCUT2D eigenvalue weighted by atomic mass is 16.5. The quantitative estimate of drug-likeness (QED) is 0.409. The Labute approximate surface area is 140 Å². The number of fused-ring (bicyclic) bond motifs is 1. The Morgan fingerprint density at radius 2 is 1.71 bits per heavy atom. The van der Waals surface area contributed by atoms with E-state index < -0.39 is 11.9 Å². The number of esters is 1. The lowest BCUT2D eigenvalue weighted by Gasteiger charge is -2.14. The molecule has 3 rings (SSSR count). The third-order valence-corrected chi connectivity index (χ3v) is 4.08. The summed E-state index contributed by atoms with van der Waals surface area (Å²) in [7, 11) is 1.89. The minimum Gasteiger partial charge on any atom is -0.465 e. The highest BCUT2D eigenvalue weighted by Gasteiger charge is 2.32. The Bertz CT molecular complexity index is 880. The summed E-state index contributed by atoms with van der Waals surface area (Å²) in [6, 6.07) is 16.7. The van der Waals surface area contributed by atoms with Crippen LogP contribution in [0.1, 0.15) is 28.8 Å². The van der Waals surface area contributed by atoms with E-state index in [-0.39, 0.29) is 12.4 Å². The molecule has 0 aliphatic rings. The van der Waals surface area contributed by atoms with Gasteiger partial charge in [0.2, 0.25) is 0 Å². The number of Topliss-reactive ketones (excluding diaryl/α,β-unsaturated/α-hetero) is 1. The van der Waals surface area contributed by atoms with Gasteiger partial charge in [-0.3, -0.25) is 9.59 Å². The number of hydrogen-bond acceptors (Lipinski definition) is 3. The Morgan fingerprint density at radius 1 is 1.04 bits per heavy atom. The number of rotatable bonds is 5. The summed E-state index contributed by atoms with van der Waals surface area (Å²) in [5.41, 5.74) is 2.14. The molecule has 2 aromatic carbocycles. The first-order valence-electron chi connectivity index (χ1n) is 7.93. The number of ether oxygens (including phenoxy) is 1. The Morgan fingerprint density at radius 3 is 2.42 bits per heavy atom. The smallest absolute Gasteiger partial charge is 0.321 e. The summed E-state index contributed by atoms with van der Waals surface area (Å²) in [5, 5.41) is 0.843. The van der Waals surface area contributed by atoms with E-state index in [9.17, 15) is 9.59 Å². The molecule has 0 fully saturated rings. The van der Waals surface area contributed by atoms with Crippen LogP contribution in [0.25, 0.3) is 10.9 Å². The molecule has 0 saturated carbocycles. The molecule has 0 spiro atoms. The number of carbonyl (C=O) groups excluding carboxylic acids is 2. The zero-order valence-electron chi connectivity index (χ0n) is 13.7. The largest absolute Gasteiger partial charge is 0.465 e. The van der Waals surface area contributed by atoms with Crippen LogP contribution in [-0.2, 0) is 16.6 Å². The van der Waals surface area contributed by atoms with E-state index in [0.717, 1.165) is 10.9 Å². The third kappa shape index (κ3) is 2.83. The van der Waals surface area contributed by atoms with Crippen molar-refractivity contribution in [2.24, 2.45) is 7.05 Å². The maximum atomic E-state index is 13.2. The lowest BCUT2D eigenvalue weighted by molar-refractivity contribution is -0.143. The molecule has 4 nitrogen and oxygen atoms in total. The normalized spacial score (nSPS) is 12.1. The Balaban J connectivity index is 2.10. The molecule has 0 N–H and O–H groups in total. The second-order valence-corrected chi connectivity index (χ2v) is 5.63. The molecule has 24 heavy (non-hydrogen) atoms. The van der Waals surface area contributed by atoms with Crippen LogP contribution in [0.4, 0.5) is 0 Å². The van der Waals surface area contributed by atoms with Gasteiger partial charge in [-0.25, -0.2) is 0 Å². The summed E-state index contributed by atoms with van der Waals surface area (Å²) < 4.78 is 7.05. The molecule has 0 amide bonds. The first-order chi connectivity index (χ1) is 11.6. The molecule has 0 aliphatic carbocycles. The van der Waals surface area contributed by atoms with E-state index >= 15 is 0 Å². The summed E-state index contributed by atoms with van der Waals surface area (Å²) in [5.74, 6) is -1.70. The van der Waals surface area contributed by atoms with Gasteiger partial charge in [0.15, 0.2) is 5.78 Å². The molecule has 3 aromatic rings. The zero-order chi connectivity index (χ0) is 17.1. The van der Waals surface area contributed by atoms with Crippen molar-refractivity contribution < 1.29 is 14.3 Å². The molecular weight excluding hydrogens is 302 g/mol. The van der Waals surface area contributed by atoms with E-state index in [4.69, 9.17) is 4.74 Å². The average molecular weight is 321 g/mol. The van der Waals surface area contributed by atoms with Crippen molar-refractivity contribution in [2.45, 2.75) is 12.8 Å². The summed E-state index contributed by atoms with van der Waals surface area (Å²) in [6.07, 6.45) is 1.78. The number of nitrogens with zero attached hydrogens (tertiary/aromatic N) is 1. The number of aromatic nitrogens is 1. The van der Waals surface area contributed by atoms with E-state index in [1.54, 1.807) is 25.3 Å². The molecule has 1 heterocycles. The van der Waals surface area contributed by atoms with Crippen molar-refractivity contribution >= 4 is 22.7 Å². The summed E-state index contributed by atoms with van der Waals surface area (Å²) in [6.45, 7) is 1.98. The number of para-hydroxylation sites is 1. The van der Waals surface area contributed by atoms with Crippen LogP contribution in [0.5, 0.6) is 0 Å². The monoisotopic (exact) mass is 321 g/mol. The fourth-order valence-electron chi connectivity index (χ4n) is 2.96. The van der Waals surface area contributed by atoms with Gasteiger partial charge in [-0.05, 0) is 18.6 Å². The van der Waals surface area contributed by atoms with Gasteiger partial charge < -0.3 is 9.30 Å². The first kappa shape index (κ1) is 16.0. The van der Waals surface area contributed by atoms with Gasteiger partial charge in [-0.1, -0.05) is 48.5 Å². The van der Waals surface area contributed by atoms with Crippen molar-refractivity contribution in [3.05, 3.63) is 71.9 Å². The van der Waals surface area contributed by atoms with Gasteiger partial charge in [0.25, 0.3) is 0 Å². The maximum Gasteiger partial charge on any atom is 0.321 e. The van der Waals surface area contributed by atoms with E-state index in [1.807, 2.05) is 54.1 Å². The fraction of sp³-hybridized carbons (Fsp3) is 0.200. The van der Waals surface area contributed by atoms with Crippen molar-refractivity contribution in [3.8, 4) is 0 Å². The molecule has 0 saturated heterocycles. The van der Waals surface area contributed by atoms with E-state index in [0.29, 0.717) is 11.1 Å². The average Bonchev–Trinajstić information content (AvgIpc) is 2.94. The molecule has 4 heteroatoms. The second kappa shape index (κ2) is 6.71. The summed E-state index contributed by atoms with van der Waals surface area (Å²) in [4.78, 5) is 25.6. The van der Waals surface area contributed by atoms with Crippen molar-refractivity contribution in [1.29, 1.82) is 0 Å². The number of carbonyl (C=O) groups is 2. The molecule has 0 aliphatic heterocycles. The van der Waals surface area contributed by atoms with Gasteiger partial charge >= 0.3 is 5.97 Å². The molecule has 0 bridgehead atoms. The van der Waals surface area contributed by atoms with Crippen LogP contribution >= 0.6 is 0 Å². The van der Waals surface area contributed by atoms with Crippen molar-refractivity contribution in [2.75, 3.05) is 6.61 Å². The van der Waals surface area contributed by atoms with Crippen molar-refractivity contribution in [1.82, 2.24) is 4.57 Å². The van der Waals surface area contributed by atoms with Gasteiger partial charge in [-0.2, -0.15) is 0 Å². The predicted molar refractivity (Wildman–Crippen MR) is 93.1 cm³/mol. The van der Waals surface area contributed by atoms with Gasteiger partial charge in [0.05, 0.1) is 6.61 Å². The minimum absolute atomic E-state index is 0.239. The minimum atomic E-state index is -0.947. The Kier molecular flexibility index (Phi) is 4.47. The topological polar surface area (TPSA) is 48.3 Å². The number of benzene rings is 2. The van der Waals surface area contributed by atoms with Crippen LogP contribution in [0, 0.1) is 0 Å². The Hall–Kier alpha value is -2.88. The van der Waals surface area contributed by atoms with Gasteiger partial charge in [0.1, 0.15) is 5.92 Å². The molecule has 1 atom stereocenters. The van der Waals surface area contributed by atoms with Crippen LogP contribution in [0.3, 0.4) is 0 Å². The zero-order valence-corrected chi connectivity index (χ0v) is 13.7.